The Hall–Kier alpha value is -1.30. The molecule has 31 heavy (non-hydrogen) atoms. The van der Waals surface area contributed by atoms with Gasteiger partial charge in [0.25, 0.3) is 0 Å². The largest absolute Gasteiger partial charge is 0.469 e. The second kappa shape index (κ2) is 13.3. The molecule has 1 fully saturated rings. The average molecular weight is 556 g/mol. The van der Waals surface area contributed by atoms with Crippen LogP contribution in [-0.2, 0) is 19.0 Å². The molecule has 1 amide bonds. The van der Waals surface area contributed by atoms with Crippen molar-refractivity contribution in [2.75, 3.05) is 27.2 Å². The number of unbranched alkanes of at least 4 members (excludes halogenated alkanes) is 2. The topological polar surface area (TPSA) is 101 Å². The molecule has 0 spiro atoms. The van der Waals surface area contributed by atoms with Gasteiger partial charge in [0, 0.05) is 26.6 Å². The van der Waals surface area contributed by atoms with Crippen LogP contribution in [0.15, 0.2) is 4.99 Å². The third kappa shape index (κ3) is 10.2. The molecule has 10 heteroatoms. The van der Waals surface area contributed by atoms with Crippen LogP contribution in [0.3, 0.4) is 0 Å². The van der Waals surface area contributed by atoms with Gasteiger partial charge in [-0.2, -0.15) is 0 Å². The van der Waals surface area contributed by atoms with Gasteiger partial charge in [-0.3, -0.25) is 14.7 Å². The number of ether oxygens (including phenoxy) is 3. The Kier molecular flexibility index (Phi) is 12.7. The van der Waals surface area contributed by atoms with Gasteiger partial charge in [0.05, 0.1) is 19.3 Å². The first kappa shape index (κ1) is 29.7. The molecule has 1 heterocycles. The zero-order chi connectivity index (χ0) is 22.9. The highest BCUT2D eigenvalue weighted by Crippen LogP contribution is 2.33. The van der Waals surface area contributed by atoms with Crippen LogP contribution < -0.4 is 10.6 Å². The van der Waals surface area contributed by atoms with Crippen LogP contribution >= 0.6 is 24.0 Å². The predicted octanol–water partition coefficient (Wildman–Crippen LogP) is 3.26. The molecule has 1 saturated heterocycles. The Balaban J connectivity index is 0.00000900. The third-order valence-electron chi connectivity index (χ3n) is 4.80. The molecule has 1 aliphatic heterocycles. The lowest BCUT2D eigenvalue weighted by Crippen LogP contribution is -2.54. The highest BCUT2D eigenvalue weighted by molar-refractivity contribution is 14.0. The minimum Gasteiger partial charge on any atom is -0.469 e. The summed E-state index contributed by atoms with van der Waals surface area (Å²) < 4.78 is 16.3. The van der Waals surface area contributed by atoms with Crippen molar-refractivity contribution in [3.05, 3.63) is 0 Å². The van der Waals surface area contributed by atoms with Gasteiger partial charge in [-0.1, -0.05) is 6.42 Å². The number of carbonyl (C=O) groups excluding carboxylic acids is 2. The number of methoxy groups -OCH3 is 1. The zero-order valence-corrected chi connectivity index (χ0v) is 22.6. The lowest BCUT2D eigenvalue weighted by Gasteiger charge is -2.35. The molecule has 0 aromatic carbocycles. The number of rotatable bonds is 8. The third-order valence-corrected chi connectivity index (χ3v) is 4.80. The van der Waals surface area contributed by atoms with E-state index in [2.05, 4.69) is 20.4 Å². The van der Waals surface area contributed by atoms with E-state index in [1.807, 2.05) is 41.5 Å². The molecular formula is C21H41IN4O5. The molecule has 0 saturated carbocycles. The van der Waals surface area contributed by atoms with Crippen LogP contribution in [0.1, 0.15) is 67.2 Å². The minimum atomic E-state index is -0.759. The van der Waals surface area contributed by atoms with Gasteiger partial charge in [-0.25, -0.2) is 4.79 Å². The smallest absolute Gasteiger partial charge is 0.412 e. The Bertz CT molecular complexity index is 607. The molecule has 0 bridgehead atoms. The molecule has 2 N–H and O–H groups in total. The summed E-state index contributed by atoms with van der Waals surface area (Å²) in [6.45, 7) is 12.5. The maximum absolute atomic E-state index is 12.8. The molecule has 0 aliphatic carbocycles. The van der Waals surface area contributed by atoms with Gasteiger partial charge < -0.3 is 24.8 Å². The van der Waals surface area contributed by atoms with E-state index in [0.29, 0.717) is 18.9 Å². The highest BCUT2D eigenvalue weighted by atomic mass is 127. The van der Waals surface area contributed by atoms with Gasteiger partial charge in [0.2, 0.25) is 0 Å². The van der Waals surface area contributed by atoms with Crippen molar-refractivity contribution in [2.45, 2.75) is 90.7 Å². The molecule has 2 unspecified atom stereocenters. The van der Waals surface area contributed by atoms with Gasteiger partial charge in [0.1, 0.15) is 11.3 Å². The molecule has 0 radical (unpaired) electrons. The normalized spacial score (nSPS) is 20.6. The summed E-state index contributed by atoms with van der Waals surface area (Å²) >= 11 is 0. The highest BCUT2D eigenvalue weighted by Gasteiger charge is 2.49. The minimum absolute atomic E-state index is 0. The van der Waals surface area contributed by atoms with Gasteiger partial charge >= 0.3 is 12.1 Å². The summed E-state index contributed by atoms with van der Waals surface area (Å²) in [4.78, 5) is 29.8. The number of guanidine groups is 1. The van der Waals surface area contributed by atoms with E-state index in [1.165, 1.54) is 7.11 Å². The van der Waals surface area contributed by atoms with Gasteiger partial charge in [0.15, 0.2) is 5.96 Å². The van der Waals surface area contributed by atoms with Crippen molar-refractivity contribution in [3.63, 3.8) is 0 Å². The van der Waals surface area contributed by atoms with Gasteiger partial charge in [-0.15, -0.1) is 24.0 Å². The van der Waals surface area contributed by atoms with E-state index in [1.54, 1.807) is 11.9 Å². The van der Waals surface area contributed by atoms with Crippen molar-refractivity contribution in [1.82, 2.24) is 15.5 Å². The number of hydrogen-bond acceptors (Lipinski definition) is 6. The van der Waals surface area contributed by atoms with E-state index < -0.39 is 17.4 Å². The monoisotopic (exact) mass is 556 g/mol. The molecule has 9 nitrogen and oxygen atoms in total. The standard InChI is InChI=1S/C21H40N4O5.HI/c1-15-16(25(21(5,6)29-15)19(27)30-20(2,3)4)14-24-18(22-7)23-13-11-9-10-12-17(26)28-8;/h15-16H,9-14H2,1-8H3,(H2,22,23,24);1H. The van der Waals surface area contributed by atoms with Crippen LogP contribution in [0.5, 0.6) is 0 Å². The van der Waals surface area contributed by atoms with Crippen molar-refractivity contribution < 1.29 is 23.8 Å². The molecule has 0 aromatic rings. The zero-order valence-electron chi connectivity index (χ0n) is 20.2. The van der Waals surface area contributed by atoms with Crippen molar-refractivity contribution >= 4 is 42.0 Å². The lowest BCUT2D eigenvalue weighted by molar-refractivity contribution is -0.140. The van der Waals surface area contributed by atoms with Crippen LogP contribution in [0.4, 0.5) is 4.79 Å². The van der Waals surface area contributed by atoms with E-state index >= 15 is 0 Å². The van der Waals surface area contributed by atoms with Crippen molar-refractivity contribution in [2.24, 2.45) is 4.99 Å². The summed E-state index contributed by atoms with van der Waals surface area (Å²) in [6, 6.07) is -0.201. The molecule has 1 aliphatic rings. The summed E-state index contributed by atoms with van der Waals surface area (Å²) in [5, 5.41) is 6.54. The quantitative estimate of drug-likeness (QED) is 0.156. The first-order valence-corrected chi connectivity index (χ1v) is 10.6. The fraction of sp³-hybridized carbons (Fsp3) is 0.857. The van der Waals surface area contributed by atoms with E-state index in [-0.39, 0.29) is 42.1 Å². The van der Waals surface area contributed by atoms with Crippen LogP contribution in [0.2, 0.25) is 0 Å². The SMILES string of the molecule is CN=C(NCCCCCC(=O)OC)NCC1C(C)OC(C)(C)N1C(=O)OC(C)(C)C.I. The average Bonchev–Trinajstić information content (AvgIpc) is 2.86. The number of aliphatic imine (C=N–C) groups is 1. The fourth-order valence-corrected chi connectivity index (χ4v) is 3.42. The van der Waals surface area contributed by atoms with Gasteiger partial charge in [-0.05, 0) is 54.4 Å². The second-order valence-electron chi connectivity index (χ2n) is 8.95. The summed E-state index contributed by atoms with van der Waals surface area (Å²) in [5.74, 6) is 0.481. The number of carbonyl (C=O) groups is 2. The van der Waals surface area contributed by atoms with Crippen molar-refractivity contribution in [1.29, 1.82) is 0 Å². The maximum atomic E-state index is 12.8. The Morgan fingerprint density at radius 3 is 2.35 bits per heavy atom. The van der Waals surface area contributed by atoms with Crippen LogP contribution in [-0.4, -0.2) is 73.6 Å². The molecule has 2 atom stereocenters. The number of esters is 1. The number of halogens is 1. The Morgan fingerprint density at radius 1 is 1.16 bits per heavy atom. The number of nitrogens with one attached hydrogen (secondary N) is 2. The number of hydrogen-bond donors (Lipinski definition) is 2. The van der Waals surface area contributed by atoms with Crippen LogP contribution in [0.25, 0.3) is 0 Å². The fourth-order valence-electron chi connectivity index (χ4n) is 3.42. The number of nitrogens with zero attached hydrogens (tertiary/aromatic N) is 2. The van der Waals surface area contributed by atoms with Crippen molar-refractivity contribution in [3.8, 4) is 0 Å². The predicted molar refractivity (Wildman–Crippen MR) is 132 cm³/mol. The second-order valence-corrected chi connectivity index (χ2v) is 8.95. The summed E-state index contributed by atoms with van der Waals surface area (Å²) in [7, 11) is 3.11. The first-order chi connectivity index (χ1) is 13.9. The van der Waals surface area contributed by atoms with E-state index in [4.69, 9.17) is 9.47 Å². The molecule has 182 valence electrons. The maximum Gasteiger partial charge on any atom is 0.412 e. The molecular weight excluding hydrogens is 515 g/mol. The van der Waals surface area contributed by atoms with Crippen LogP contribution in [0, 0.1) is 0 Å². The van der Waals surface area contributed by atoms with E-state index in [0.717, 1.165) is 25.8 Å². The summed E-state index contributed by atoms with van der Waals surface area (Å²) in [5.41, 5.74) is -1.34. The number of amides is 1. The summed E-state index contributed by atoms with van der Waals surface area (Å²) in [6.07, 6.45) is 2.54. The Labute approximate surface area is 204 Å². The lowest BCUT2D eigenvalue weighted by atomic mass is 10.1. The first-order valence-electron chi connectivity index (χ1n) is 10.6. The molecule has 0 aromatic heterocycles. The molecule has 1 rings (SSSR count). The van der Waals surface area contributed by atoms with E-state index in [9.17, 15) is 9.59 Å². The Morgan fingerprint density at radius 2 is 1.81 bits per heavy atom.